The number of halogens is 1. The van der Waals surface area contributed by atoms with Gasteiger partial charge in [-0.15, -0.1) is 0 Å². The Labute approximate surface area is 167 Å². The van der Waals surface area contributed by atoms with Crippen LogP contribution in [0, 0.1) is 6.92 Å². The minimum absolute atomic E-state index is 0.217. The molecule has 7 nitrogen and oxygen atoms in total. The molecule has 0 aliphatic carbocycles. The fourth-order valence-corrected chi connectivity index (χ4v) is 2.74. The summed E-state index contributed by atoms with van der Waals surface area (Å²) in [5.74, 6) is 1.67. The minimum Gasteiger partial charge on any atom is -0.497 e. The number of anilines is 3. The lowest BCUT2D eigenvalue weighted by Gasteiger charge is -2.12. The first-order chi connectivity index (χ1) is 13.5. The SMILES string of the molecule is COc1ccc(NC(=O)c2cc(Nc3cccc(Cl)c3)nc(C)n2)c(OC)c1. The van der Waals surface area contributed by atoms with Gasteiger partial charge in [0.15, 0.2) is 0 Å². The van der Waals surface area contributed by atoms with Crippen LogP contribution >= 0.6 is 11.6 Å². The molecule has 0 fully saturated rings. The Bertz CT molecular complexity index is 1010. The number of hydrogen-bond acceptors (Lipinski definition) is 6. The van der Waals surface area contributed by atoms with Crippen molar-refractivity contribution in [3.63, 3.8) is 0 Å². The second-order valence-electron chi connectivity index (χ2n) is 5.84. The highest BCUT2D eigenvalue weighted by Crippen LogP contribution is 2.29. The van der Waals surface area contributed by atoms with Crippen molar-refractivity contribution in [1.29, 1.82) is 0 Å². The molecule has 0 saturated heterocycles. The summed E-state index contributed by atoms with van der Waals surface area (Å²) in [6.45, 7) is 1.72. The van der Waals surface area contributed by atoms with Crippen LogP contribution in [0.3, 0.4) is 0 Å². The molecule has 3 aromatic rings. The molecule has 0 unspecified atom stereocenters. The van der Waals surface area contributed by atoms with Crippen molar-refractivity contribution in [1.82, 2.24) is 9.97 Å². The maximum absolute atomic E-state index is 12.7. The molecule has 28 heavy (non-hydrogen) atoms. The molecule has 144 valence electrons. The highest BCUT2D eigenvalue weighted by molar-refractivity contribution is 6.30. The molecule has 2 N–H and O–H groups in total. The van der Waals surface area contributed by atoms with Crippen LogP contribution in [-0.2, 0) is 0 Å². The van der Waals surface area contributed by atoms with E-state index in [0.29, 0.717) is 33.9 Å². The van der Waals surface area contributed by atoms with Gasteiger partial charge in [-0.1, -0.05) is 17.7 Å². The van der Waals surface area contributed by atoms with Crippen LogP contribution in [0.4, 0.5) is 17.2 Å². The average Bonchev–Trinajstić information content (AvgIpc) is 2.67. The first-order valence-corrected chi connectivity index (χ1v) is 8.78. The smallest absolute Gasteiger partial charge is 0.274 e. The van der Waals surface area contributed by atoms with Crippen molar-refractivity contribution in [3.8, 4) is 11.5 Å². The third-order valence-electron chi connectivity index (χ3n) is 3.82. The van der Waals surface area contributed by atoms with Gasteiger partial charge in [0.25, 0.3) is 5.91 Å². The number of hydrogen-bond donors (Lipinski definition) is 2. The molecule has 1 heterocycles. The Morgan fingerprint density at radius 1 is 1.04 bits per heavy atom. The third-order valence-corrected chi connectivity index (χ3v) is 4.06. The predicted molar refractivity (Wildman–Crippen MR) is 109 cm³/mol. The molecular weight excluding hydrogens is 380 g/mol. The number of nitrogens with one attached hydrogen (secondary N) is 2. The fraction of sp³-hybridized carbons (Fsp3) is 0.150. The van der Waals surface area contributed by atoms with Gasteiger partial charge in [-0.05, 0) is 37.3 Å². The lowest BCUT2D eigenvalue weighted by atomic mass is 10.2. The zero-order valence-corrected chi connectivity index (χ0v) is 16.4. The number of ether oxygens (including phenoxy) is 2. The van der Waals surface area contributed by atoms with E-state index in [-0.39, 0.29) is 11.6 Å². The average molecular weight is 399 g/mol. The van der Waals surface area contributed by atoms with Crippen LogP contribution in [0.1, 0.15) is 16.3 Å². The summed E-state index contributed by atoms with van der Waals surface area (Å²) in [4.78, 5) is 21.3. The number of carbonyl (C=O) groups excluding carboxylic acids is 1. The zero-order chi connectivity index (χ0) is 20.1. The topological polar surface area (TPSA) is 85.4 Å². The fourth-order valence-electron chi connectivity index (χ4n) is 2.55. The maximum atomic E-state index is 12.7. The highest BCUT2D eigenvalue weighted by atomic mass is 35.5. The second kappa shape index (κ2) is 8.58. The van der Waals surface area contributed by atoms with E-state index in [1.165, 1.54) is 7.11 Å². The van der Waals surface area contributed by atoms with Gasteiger partial charge in [-0.25, -0.2) is 9.97 Å². The molecule has 0 saturated carbocycles. The Hall–Kier alpha value is -3.32. The van der Waals surface area contributed by atoms with Crippen LogP contribution in [0.15, 0.2) is 48.5 Å². The summed E-state index contributed by atoms with van der Waals surface area (Å²) >= 11 is 6.01. The number of methoxy groups -OCH3 is 2. The predicted octanol–water partition coefficient (Wildman–Crippen LogP) is 4.45. The number of benzene rings is 2. The van der Waals surface area contributed by atoms with Crippen LogP contribution in [0.5, 0.6) is 11.5 Å². The van der Waals surface area contributed by atoms with Crippen molar-refractivity contribution in [2.75, 3.05) is 24.9 Å². The largest absolute Gasteiger partial charge is 0.497 e. The van der Waals surface area contributed by atoms with E-state index < -0.39 is 0 Å². The van der Waals surface area contributed by atoms with Gasteiger partial charge in [0.05, 0.1) is 19.9 Å². The van der Waals surface area contributed by atoms with Crippen molar-refractivity contribution < 1.29 is 14.3 Å². The summed E-state index contributed by atoms with van der Waals surface area (Å²) in [6.07, 6.45) is 0. The molecule has 3 rings (SSSR count). The standard InChI is InChI=1S/C20H19ClN4O3/c1-12-22-17(11-19(23-12)24-14-6-4-5-13(21)9-14)20(26)25-16-8-7-15(27-2)10-18(16)28-3/h4-11H,1-3H3,(H,25,26)(H,22,23,24). The molecule has 0 aliphatic heterocycles. The minimum atomic E-state index is -0.386. The quantitative estimate of drug-likeness (QED) is 0.638. The Balaban J connectivity index is 1.83. The van der Waals surface area contributed by atoms with Gasteiger partial charge in [0.1, 0.15) is 28.8 Å². The number of aromatic nitrogens is 2. The van der Waals surface area contributed by atoms with Crippen molar-refractivity contribution >= 4 is 34.7 Å². The van der Waals surface area contributed by atoms with Gasteiger partial charge in [-0.3, -0.25) is 4.79 Å². The molecule has 1 amide bonds. The molecule has 0 aliphatic rings. The monoisotopic (exact) mass is 398 g/mol. The normalized spacial score (nSPS) is 10.3. The molecular formula is C20H19ClN4O3. The molecule has 0 radical (unpaired) electrons. The van der Waals surface area contributed by atoms with Gasteiger partial charge in [0, 0.05) is 22.8 Å². The van der Waals surface area contributed by atoms with Crippen molar-refractivity contribution in [2.24, 2.45) is 0 Å². The van der Waals surface area contributed by atoms with Crippen LogP contribution < -0.4 is 20.1 Å². The number of nitrogens with zero attached hydrogens (tertiary/aromatic N) is 2. The van der Waals surface area contributed by atoms with Gasteiger partial charge in [-0.2, -0.15) is 0 Å². The Kier molecular flexibility index (Phi) is 5.96. The molecule has 0 bridgehead atoms. The van der Waals surface area contributed by atoms with E-state index in [1.807, 2.05) is 12.1 Å². The zero-order valence-electron chi connectivity index (χ0n) is 15.6. The van der Waals surface area contributed by atoms with E-state index in [1.54, 1.807) is 50.4 Å². The maximum Gasteiger partial charge on any atom is 0.274 e. The summed E-state index contributed by atoms with van der Waals surface area (Å²) < 4.78 is 10.5. The van der Waals surface area contributed by atoms with E-state index in [0.717, 1.165) is 5.69 Å². The van der Waals surface area contributed by atoms with Crippen molar-refractivity contribution in [3.05, 3.63) is 65.1 Å². The van der Waals surface area contributed by atoms with E-state index in [9.17, 15) is 4.79 Å². The molecule has 0 atom stereocenters. The number of rotatable bonds is 6. The van der Waals surface area contributed by atoms with Crippen molar-refractivity contribution in [2.45, 2.75) is 6.92 Å². The Morgan fingerprint density at radius 2 is 1.86 bits per heavy atom. The van der Waals surface area contributed by atoms with Crippen LogP contribution in [0.25, 0.3) is 0 Å². The third kappa shape index (κ3) is 4.69. The number of aryl methyl sites for hydroxylation is 1. The van der Waals surface area contributed by atoms with E-state index >= 15 is 0 Å². The van der Waals surface area contributed by atoms with E-state index in [2.05, 4.69) is 20.6 Å². The molecule has 8 heteroatoms. The van der Waals surface area contributed by atoms with Crippen LogP contribution in [0.2, 0.25) is 5.02 Å². The molecule has 2 aromatic carbocycles. The van der Waals surface area contributed by atoms with Gasteiger partial charge in [0.2, 0.25) is 0 Å². The lowest BCUT2D eigenvalue weighted by molar-refractivity contribution is 0.102. The Morgan fingerprint density at radius 3 is 2.57 bits per heavy atom. The van der Waals surface area contributed by atoms with Gasteiger partial charge >= 0.3 is 0 Å². The number of carbonyl (C=O) groups is 1. The first kappa shape index (κ1) is 19.4. The summed E-state index contributed by atoms with van der Waals surface area (Å²) in [7, 11) is 3.08. The van der Waals surface area contributed by atoms with Gasteiger partial charge < -0.3 is 20.1 Å². The second-order valence-corrected chi connectivity index (χ2v) is 6.28. The molecule has 0 spiro atoms. The lowest BCUT2D eigenvalue weighted by Crippen LogP contribution is -2.16. The summed E-state index contributed by atoms with van der Waals surface area (Å²) in [5.41, 5.74) is 1.48. The van der Waals surface area contributed by atoms with E-state index in [4.69, 9.17) is 21.1 Å². The summed E-state index contributed by atoms with van der Waals surface area (Å²) in [5, 5.41) is 6.52. The van der Waals surface area contributed by atoms with Crippen LogP contribution in [-0.4, -0.2) is 30.1 Å². The molecule has 1 aromatic heterocycles. The number of amides is 1. The summed E-state index contributed by atoms with van der Waals surface area (Å²) in [6, 6.07) is 13.9. The first-order valence-electron chi connectivity index (χ1n) is 8.40. The highest BCUT2D eigenvalue weighted by Gasteiger charge is 2.14.